The van der Waals surface area contributed by atoms with Crippen molar-refractivity contribution in [2.75, 3.05) is 12.5 Å². The van der Waals surface area contributed by atoms with Crippen LogP contribution in [0.4, 0.5) is 0 Å². The maximum atomic E-state index is 9.77. The molecular weight excluding hydrogens is 216 g/mol. The molecule has 0 spiro atoms. The van der Waals surface area contributed by atoms with E-state index in [0.29, 0.717) is 0 Å². The maximum absolute atomic E-state index is 9.77. The Bertz CT molecular complexity index is 204. The quantitative estimate of drug-likeness (QED) is 0.433. The molecule has 0 aliphatic heterocycles. The summed E-state index contributed by atoms with van der Waals surface area (Å²) in [4.78, 5) is 19.5. The van der Waals surface area contributed by atoms with E-state index in [2.05, 4.69) is 0 Å². The Labute approximate surface area is 82.4 Å². The molecule has 0 amide bonds. The molecule has 2 atom stereocenters. The largest absolute Gasteiger partial charge is 0.479 e. The van der Waals surface area contributed by atoms with E-state index in [1.54, 1.807) is 12.5 Å². The number of hydrogen-bond acceptors (Lipinski definition) is 5. The lowest BCUT2D eigenvalue weighted by atomic mass is 10.2. The molecule has 14 heavy (non-hydrogen) atoms. The molecule has 0 bridgehead atoms. The number of carboxylic acids is 2. The number of carboxylic acid groups (broad SMARTS) is 2. The van der Waals surface area contributed by atoms with Gasteiger partial charge in [-0.15, -0.1) is 0 Å². The summed E-state index contributed by atoms with van der Waals surface area (Å²) in [5, 5.41) is 32.5. The zero-order valence-corrected chi connectivity index (χ0v) is 8.39. The predicted octanol–water partition coefficient (Wildman–Crippen LogP) is -2.13. The first-order valence-electron chi connectivity index (χ1n) is 3.27. The van der Waals surface area contributed by atoms with E-state index >= 15 is 0 Å². The highest BCUT2D eigenvalue weighted by atomic mass is 32.2. The Morgan fingerprint density at radius 2 is 1.14 bits per heavy atom. The lowest BCUT2D eigenvalue weighted by Crippen LogP contribution is -2.39. The van der Waals surface area contributed by atoms with Gasteiger partial charge >= 0.3 is 11.9 Å². The average Bonchev–Trinajstić information content (AvgIpc) is 2.00. The standard InChI is InChI=1S/C4H6O6.C2H6OS/c5-1(3(7)8)2(6)4(9)10;1-4(2)3/h1-2,5-6H,(H,7,8)(H,9,10);1-2H3/t1-,2-;/m0./s1. The number of hydrogen-bond donors (Lipinski definition) is 4. The van der Waals surface area contributed by atoms with Crippen LogP contribution in [0.15, 0.2) is 0 Å². The normalized spacial score (nSPS) is 13.8. The molecular formula is C6H12O7S. The fourth-order valence-electron chi connectivity index (χ4n) is 0.270. The summed E-state index contributed by atoms with van der Waals surface area (Å²) >= 11 is 0. The number of carbonyl (C=O) groups is 2. The van der Waals surface area contributed by atoms with Crippen LogP contribution in [0.25, 0.3) is 0 Å². The molecule has 7 nitrogen and oxygen atoms in total. The smallest absolute Gasteiger partial charge is 0.335 e. The van der Waals surface area contributed by atoms with Crippen LogP contribution in [0, 0.1) is 0 Å². The van der Waals surface area contributed by atoms with Gasteiger partial charge in [0.1, 0.15) is 0 Å². The summed E-state index contributed by atoms with van der Waals surface area (Å²) in [5.74, 6) is -3.54. The van der Waals surface area contributed by atoms with Crippen molar-refractivity contribution in [2.45, 2.75) is 12.2 Å². The molecule has 0 saturated heterocycles. The van der Waals surface area contributed by atoms with Gasteiger partial charge in [0.15, 0.2) is 12.2 Å². The minimum Gasteiger partial charge on any atom is -0.479 e. The summed E-state index contributed by atoms with van der Waals surface area (Å²) in [6.07, 6.45) is -1.25. The van der Waals surface area contributed by atoms with Gasteiger partial charge in [0.2, 0.25) is 0 Å². The number of aliphatic hydroxyl groups excluding tert-OH is 2. The first kappa shape index (κ1) is 15.5. The van der Waals surface area contributed by atoms with E-state index in [9.17, 15) is 13.8 Å². The number of rotatable bonds is 3. The monoisotopic (exact) mass is 228 g/mol. The van der Waals surface area contributed by atoms with Gasteiger partial charge in [-0.05, 0) is 0 Å². The number of aliphatic hydroxyl groups is 2. The average molecular weight is 228 g/mol. The molecule has 0 heterocycles. The summed E-state index contributed by atoms with van der Waals surface area (Å²) in [6, 6.07) is 0. The molecule has 0 fully saturated rings. The summed E-state index contributed by atoms with van der Waals surface area (Å²) in [7, 11) is -0.611. The first-order valence-corrected chi connectivity index (χ1v) is 5.23. The third kappa shape index (κ3) is 9.10. The molecule has 0 radical (unpaired) electrons. The summed E-state index contributed by atoms with van der Waals surface area (Å²) in [6.45, 7) is 0. The zero-order chi connectivity index (χ0) is 11.9. The van der Waals surface area contributed by atoms with Crippen LogP contribution in [0.2, 0.25) is 0 Å². The Kier molecular flexibility index (Phi) is 8.20. The lowest BCUT2D eigenvalue weighted by molar-refractivity contribution is -0.165. The van der Waals surface area contributed by atoms with Crippen LogP contribution < -0.4 is 0 Å². The molecule has 0 saturated carbocycles. The van der Waals surface area contributed by atoms with Crippen LogP contribution in [0.3, 0.4) is 0 Å². The van der Waals surface area contributed by atoms with E-state index in [4.69, 9.17) is 20.4 Å². The minimum atomic E-state index is -2.27. The molecule has 0 aromatic heterocycles. The van der Waals surface area contributed by atoms with Crippen LogP contribution in [-0.4, -0.2) is 61.3 Å². The first-order chi connectivity index (χ1) is 6.20. The van der Waals surface area contributed by atoms with E-state index in [-0.39, 0.29) is 0 Å². The molecule has 0 rings (SSSR count). The Balaban J connectivity index is 0. The van der Waals surface area contributed by atoms with Crippen molar-refractivity contribution in [3.63, 3.8) is 0 Å². The van der Waals surface area contributed by atoms with Gasteiger partial charge < -0.3 is 20.4 Å². The molecule has 84 valence electrons. The Morgan fingerprint density at radius 1 is 1.00 bits per heavy atom. The van der Waals surface area contributed by atoms with Crippen LogP contribution in [-0.2, 0) is 20.4 Å². The van der Waals surface area contributed by atoms with Gasteiger partial charge in [-0.1, -0.05) is 0 Å². The SMILES string of the molecule is CS(C)=O.O=C(O)[C@@H](O)[C@H](O)C(=O)O. The van der Waals surface area contributed by atoms with Crippen molar-refractivity contribution < 1.29 is 34.2 Å². The second kappa shape index (κ2) is 7.42. The fourth-order valence-corrected chi connectivity index (χ4v) is 0.270. The van der Waals surface area contributed by atoms with Gasteiger partial charge in [-0.3, -0.25) is 4.21 Å². The van der Waals surface area contributed by atoms with Crippen molar-refractivity contribution in [1.82, 2.24) is 0 Å². The molecule has 0 aromatic rings. The molecule has 4 N–H and O–H groups in total. The van der Waals surface area contributed by atoms with E-state index < -0.39 is 34.9 Å². The zero-order valence-electron chi connectivity index (χ0n) is 7.58. The maximum Gasteiger partial charge on any atom is 0.335 e. The van der Waals surface area contributed by atoms with Crippen molar-refractivity contribution >= 4 is 22.7 Å². The highest BCUT2D eigenvalue weighted by Gasteiger charge is 2.29. The minimum absolute atomic E-state index is 0.611. The van der Waals surface area contributed by atoms with E-state index in [1.807, 2.05) is 0 Å². The molecule has 0 aliphatic carbocycles. The van der Waals surface area contributed by atoms with Crippen molar-refractivity contribution in [3.05, 3.63) is 0 Å². The van der Waals surface area contributed by atoms with E-state index in [0.717, 1.165) is 0 Å². The van der Waals surface area contributed by atoms with Gasteiger partial charge in [-0.2, -0.15) is 0 Å². The van der Waals surface area contributed by atoms with Gasteiger partial charge in [-0.25, -0.2) is 9.59 Å². The van der Waals surface area contributed by atoms with E-state index in [1.165, 1.54) is 0 Å². The summed E-state index contributed by atoms with van der Waals surface area (Å²) in [5.41, 5.74) is 0. The third-order valence-corrected chi connectivity index (χ3v) is 0.805. The predicted molar refractivity (Wildman–Crippen MR) is 47.3 cm³/mol. The second-order valence-corrected chi connectivity index (χ2v) is 3.79. The molecule has 0 unspecified atom stereocenters. The Morgan fingerprint density at radius 3 is 1.21 bits per heavy atom. The van der Waals surface area contributed by atoms with Gasteiger partial charge in [0.25, 0.3) is 0 Å². The van der Waals surface area contributed by atoms with Crippen molar-refractivity contribution in [1.29, 1.82) is 0 Å². The topological polar surface area (TPSA) is 132 Å². The molecule has 8 heteroatoms. The fraction of sp³-hybridized carbons (Fsp3) is 0.667. The summed E-state index contributed by atoms with van der Waals surface area (Å²) < 4.78 is 9.56. The van der Waals surface area contributed by atoms with Gasteiger partial charge in [0.05, 0.1) is 0 Å². The molecule has 0 aromatic carbocycles. The Hall–Kier alpha value is -0.990. The number of aliphatic carboxylic acids is 2. The highest BCUT2D eigenvalue weighted by molar-refractivity contribution is 7.83. The molecule has 0 aliphatic rings. The van der Waals surface area contributed by atoms with Crippen LogP contribution >= 0.6 is 0 Å². The van der Waals surface area contributed by atoms with Gasteiger partial charge in [0, 0.05) is 23.3 Å². The second-order valence-electron chi connectivity index (χ2n) is 2.31. The third-order valence-electron chi connectivity index (χ3n) is 0.805. The van der Waals surface area contributed by atoms with Crippen LogP contribution in [0.5, 0.6) is 0 Å². The van der Waals surface area contributed by atoms with Crippen LogP contribution in [0.1, 0.15) is 0 Å². The van der Waals surface area contributed by atoms with Crippen molar-refractivity contribution in [3.8, 4) is 0 Å². The van der Waals surface area contributed by atoms with Crippen molar-refractivity contribution in [2.24, 2.45) is 0 Å². The highest BCUT2D eigenvalue weighted by Crippen LogP contribution is 1.92. The lowest BCUT2D eigenvalue weighted by Gasteiger charge is -2.07.